The van der Waals surface area contributed by atoms with E-state index in [1.54, 1.807) is 24.3 Å². The Morgan fingerprint density at radius 2 is 1.72 bits per heavy atom. The molecule has 0 aromatic heterocycles. The molecule has 2 rings (SSSR count). The Kier molecular flexibility index (Phi) is 3.49. The Labute approximate surface area is 107 Å². The van der Waals surface area contributed by atoms with Crippen molar-refractivity contribution in [3.8, 4) is 17.6 Å². The van der Waals surface area contributed by atoms with Crippen molar-refractivity contribution < 1.29 is 4.74 Å². The molecule has 0 heterocycles. The van der Waals surface area contributed by atoms with Gasteiger partial charge < -0.3 is 9.64 Å². The summed E-state index contributed by atoms with van der Waals surface area (Å²) < 4.78 is 5.73. The summed E-state index contributed by atoms with van der Waals surface area (Å²) in [5, 5.41) is 8.72. The molecule has 0 saturated carbocycles. The quantitative estimate of drug-likeness (QED) is 0.822. The van der Waals surface area contributed by atoms with Gasteiger partial charge in [-0.15, -0.1) is 0 Å². The highest BCUT2D eigenvalue weighted by molar-refractivity contribution is 5.50. The fourth-order valence-electron chi connectivity index (χ4n) is 1.56. The van der Waals surface area contributed by atoms with Crippen LogP contribution in [0, 0.1) is 11.3 Å². The number of hydrogen-bond donors (Lipinski definition) is 0. The van der Waals surface area contributed by atoms with Gasteiger partial charge in [-0.05, 0) is 36.4 Å². The lowest BCUT2D eigenvalue weighted by atomic mass is 10.2. The van der Waals surface area contributed by atoms with Crippen LogP contribution in [0.4, 0.5) is 5.69 Å². The molecule has 3 nitrogen and oxygen atoms in total. The highest BCUT2D eigenvalue weighted by Gasteiger charge is 2.00. The van der Waals surface area contributed by atoms with Crippen LogP contribution in [0.25, 0.3) is 0 Å². The van der Waals surface area contributed by atoms with E-state index in [-0.39, 0.29) is 0 Å². The van der Waals surface area contributed by atoms with Crippen molar-refractivity contribution in [2.45, 2.75) is 0 Å². The van der Waals surface area contributed by atoms with Crippen LogP contribution in [-0.4, -0.2) is 14.1 Å². The van der Waals surface area contributed by atoms with E-state index in [1.807, 2.05) is 43.3 Å². The average molecular weight is 238 g/mol. The van der Waals surface area contributed by atoms with E-state index in [4.69, 9.17) is 10.00 Å². The van der Waals surface area contributed by atoms with Crippen molar-refractivity contribution in [3.63, 3.8) is 0 Å². The van der Waals surface area contributed by atoms with Gasteiger partial charge in [0.05, 0.1) is 11.6 Å². The molecule has 2 aromatic rings. The normalized spacial score (nSPS) is 9.61. The van der Waals surface area contributed by atoms with Crippen LogP contribution in [-0.2, 0) is 0 Å². The first-order valence-electron chi connectivity index (χ1n) is 5.64. The third-order valence-corrected chi connectivity index (χ3v) is 2.55. The molecule has 3 heteroatoms. The second kappa shape index (κ2) is 5.24. The van der Waals surface area contributed by atoms with E-state index in [0.717, 1.165) is 17.2 Å². The molecule has 0 saturated heterocycles. The van der Waals surface area contributed by atoms with Crippen molar-refractivity contribution in [2.75, 3.05) is 19.0 Å². The summed E-state index contributed by atoms with van der Waals surface area (Å²) in [7, 11) is 3.97. The first-order chi connectivity index (χ1) is 8.69. The summed E-state index contributed by atoms with van der Waals surface area (Å²) in [6.45, 7) is 0. The van der Waals surface area contributed by atoms with Crippen molar-refractivity contribution in [2.24, 2.45) is 0 Å². The van der Waals surface area contributed by atoms with Gasteiger partial charge in [-0.1, -0.05) is 6.07 Å². The van der Waals surface area contributed by atoms with E-state index in [1.165, 1.54) is 0 Å². The van der Waals surface area contributed by atoms with Crippen LogP contribution in [0.3, 0.4) is 0 Å². The Hall–Kier alpha value is -2.47. The van der Waals surface area contributed by atoms with Gasteiger partial charge in [0.1, 0.15) is 11.5 Å². The topological polar surface area (TPSA) is 36.3 Å². The number of nitriles is 1. The van der Waals surface area contributed by atoms with Gasteiger partial charge in [-0.25, -0.2) is 0 Å². The summed E-state index contributed by atoms with van der Waals surface area (Å²) in [6.07, 6.45) is 0. The molecule has 2 aromatic carbocycles. The van der Waals surface area contributed by atoms with Crippen molar-refractivity contribution in [3.05, 3.63) is 54.1 Å². The molecule has 0 aliphatic heterocycles. The van der Waals surface area contributed by atoms with Gasteiger partial charge in [-0.3, -0.25) is 0 Å². The van der Waals surface area contributed by atoms with E-state index < -0.39 is 0 Å². The first kappa shape index (κ1) is 12.0. The van der Waals surface area contributed by atoms with Gasteiger partial charge >= 0.3 is 0 Å². The van der Waals surface area contributed by atoms with Crippen LogP contribution >= 0.6 is 0 Å². The summed E-state index contributed by atoms with van der Waals surface area (Å²) in [5.74, 6) is 1.51. The Balaban J connectivity index is 2.18. The predicted molar refractivity (Wildman–Crippen MR) is 72.0 cm³/mol. The molecule has 0 unspecified atom stereocenters. The molecule has 18 heavy (non-hydrogen) atoms. The number of nitrogens with zero attached hydrogens (tertiary/aromatic N) is 2. The maximum atomic E-state index is 8.72. The molecular formula is C15H14N2O. The number of ether oxygens (including phenoxy) is 1. The smallest absolute Gasteiger partial charge is 0.129 e. The van der Waals surface area contributed by atoms with E-state index in [0.29, 0.717) is 5.56 Å². The zero-order valence-electron chi connectivity index (χ0n) is 10.4. The lowest BCUT2D eigenvalue weighted by Gasteiger charge is -2.13. The minimum absolute atomic E-state index is 0.629. The molecule has 0 bridgehead atoms. The Morgan fingerprint density at radius 3 is 2.33 bits per heavy atom. The molecule has 90 valence electrons. The first-order valence-corrected chi connectivity index (χ1v) is 5.64. The molecule has 0 fully saturated rings. The van der Waals surface area contributed by atoms with Crippen molar-refractivity contribution in [1.29, 1.82) is 5.26 Å². The lowest BCUT2D eigenvalue weighted by molar-refractivity contribution is 0.482. The second-order valence-corrected chi connectivity index (χ2v) is 4.13. The number of hydrogen-bond acceptors (Lipinski definition) is 3. The highest BCUT2D eigenvalue weighted by Crippen LogP contribution is 2.25. The molecular weight excluding hydrogens is 224 g/mol. The highest BCUT2D eigenvalue weighted by atomic mass is 16.5. The monoisotopic (exact) mass is 238 g/mol. The second-order valence-electron chi connectivity index (χ2n) is 4.13. The zero-order chi connectivity index (χ0) is 13.0. The van der Waals surface area contributed by atoms with Gasteiger partial charge in [0, 0.05) is 25.8 Å². The van der Waals surface area contributed by atoms with Gasteiger partial charge in [0.25, 0.3) is 0 Å². The van der Waals surface area contributed by atoms with Crippen molar-refractivity contribution >= 4 is 5.69 Å². The maximum Gasteiger partial charge on any atom is 0.129 e. The van der Waals surface area contributed by atoms with Crippen LogP contribution in [0.15, 0.2) is 48.5 Å². The Morgan fingerprint density at radius 1 is 1.00 bits per heavy atom. The minimum Gasteiger partial charge on any atom is -0.457 e. The van der Waals surface area contributed by atoms with E-state index >= 15 is 0 Å². The van der Waals surface area contributed by atoms with Gasteiger partial charge in [0.15, 0.2) is 0 Å². The molecule has 0 N–H and O–H groups in total. The van der Waals surface area contributed by atoms with Crippen LogP contribution < -0.4 is 9.64 Å². The third kappa shape index (κ3) is 2.80. The maximum absolute atomic E-state index is 8.72. The summed E-state index contributed by atoms with van der Waals surface area (Å²) in [6, 6.07) is 17.0. The lowest BCUT2D eigenvalue weighted by Crippen LogP contribution is -2.08. The SMILES string of the molecule is CN(C)c1cccc(Oc2ccc(C#N)cc2)c1. The molecule has 0 atom stereocenters. The van der Waals surface area contributed by atoms with Crippen LogP contribution in [0.2, 0.25) is 0 Å². The number of benzene rings is 2. The molecule has 0 aliphatic carbocycles. The fourth-order valence-corrected chi connectivity index (χ4v) is 1.56. The van der Waals surface area contributed by atoms with Gasteiger partial charge in [-0.2, -0.15) is 5.26 Å². The minimum atomic E-state index is 0.629. The summed E-state index contributed by atoms with van der Waals surface area (Å²) >= 11 is 0. The molecule has 0 aliphatic rings. The standard InChI is InChI=1S/C15H14N2O/c1-17(2)13-4-3-5-15(10-13)18-14-8-6-12(11-16)7-9-14/h3-10H,1-2H3. The van der Waals surface area contributed by atoms with E-state index in [9.17, 15) is 0 Å². The fraction of sp³-hybridized carbons (Fsp3) is 0.133. The summed E-state index contributed by atoms with van der Waals surface area (Å²) in [4.78, 5) is 2.02. The molecule has 0 amide bonds. The number of anilines is 1. The van der Waals surface area contributed by atoms with Crippen LogP contribution in [0.5, 0.6) is 11.5 Å². The average Bonchev–Trinajstić information content (AvgIpc) is 2.40. The van der Waals surface area contributed by atoms with Crippen molar-refractivity contribution in [1.82, 2.24) is 0 Å². The van der Waals surface area contributed by atoms with Crippen LogP contribution in [0.1, 0.15) is 5.56 Å². The van der Waals surface area contributed by atoms with E-state index in [2.05, 4.69) is 6.07 Å². The largest absolute Gasteiger partial charge is 0.457 e. The molecule has 0 radical (unpaired) electrons. The predicted octanol–water partition coefficient (Wildman–Crippen LogP) is 3.42. The third-order valence-electron chi connectivity index (χ3n) is 2.55. The Bertz CT molecular complexity index is 568. The zero-order valence-corrected chi connectivity index (χ0v) is 10.4. The summed E-state index contributed by atoms with van der Waals surface area (Å²) in [5.41, 5.74) is 1.71. The number of rotatable bonds is 3. The van der Waals surface area contributed by atoms with Gasteiger partial charge in [0.2, 0.25) is 0 Å². The molecule has 0 spiro atoms.